The molecule has 0 spiro atoms. The molecule has 2 heterocycles. The number of ether oxygens (including phenoxy) is 2. The summed E-state index contributed by atoms with van der Waals surface area (Å²) >= 11 is 0. The van der Waals surface area contributed by atoms with Crippen LogP contribution in [0.2, 0.25) is 0 Å². The Balaban J connectivity index is 1.60. The molecule has 1 aliphatic heterocycles. The predicted octanol–water partition coefficient (Wildman–Crippen LogP) is 4.48. The van der Waals surface area contributed by atoms with Crippen molar-refractivity contribution in [3.63, 3.8) is 0 Å². The Morgan fingerprint density at radius 3 is 2.69 bits per heavy atom. The van der Waals surface area contributed by atoms with E-state index in [0.717, 1.165) is 18.4 Å². The van der Waals surface area contributed by atoms with Gasteiger partial charge in [0.1, 0.15) is 5.82 Å². The number of hydrogen-bond acceptors (Lipinski definition) is 5. The van der Waals surface area contributed by atoms with E-state index in [-0.39, 0.29) is 29.0 Å². The molecule has 0 saturated carbocycles. The molecule has 7 heteroatoms. The summed E-state index contributed by atoms with van der Waals surface area (Å²) in [5.41, 5.74) is 1.40. The third kappa shape index (κ3) is 3.55. The van der Waals surface area contributed by atoms with Crippen molar-refractivity contribution >= 4 is 5.91 Å². The summed E-state index contributed by atoms with van der Waals surface area (Å²) < 4.78 is 29.9. The number of methoxy groups -OCH3 is 2. The largest absolute Gasteiger partial charge is 0.493 e. The monoisotopic (exact) mass is 396 g/mol. The van der Waals surface area contributed by atoms with Gasteiger partial charge in [-0.3, -0.25) is 4.79 Å². The maximum Gasteiger partial charge on any atom is 0.276 e. The number of halogens is 1. The van der Waals surface area contributed by atoms with Gasteiger partial charge in [0.2, 0.25) is 0 Å². The molecule has 0 N–H and O–H groups in total. The Labute approximate surface area is 167 Å². The Bertz CT molecular complexity index is 1030. The van der Waals surface area contributed by atoms with Gasteiger partial charge >= 0.3 is 0 Å². The number of hydrogen-bond donors (Lipinski definition) is 0. The molecule has 1 fully saturated rings. The van der Waals surface area contributed by atoms with Crippen molar-refractivity contribution in [1.29, 1.82) is 0 Å². The number of likely N-dealkylation sites (tertiary alicyclic amines) is 1. The standard InChI is InChI=1S/C22H21FN2O4/c1-27-19-10-9-14(12-21(19)28-2)18-8-5-11-25(18)22(26)17-13-20(29-24-17)15-6-3-4-7-16(15)23/h3-4,6-7,9-10,12-13,18H,5,8,11H2,1-2H3/t18-/m1/s1. The van der Waals surface area contributed by atoms with Crippen LogP contribution in [-0.4, -0.2) is 36.7 Å². The molecule has 1 aliphatic rings. The minimum atomic E-state index is -0.424. The highest BCUT2D eigenvalue weighted by Gasteiger charge is 2.33. The Morgan fingerprint density at radius 2 is 1.93 bits per heavy atom. The van der Waals surface area contributed by atoms with Gasteiger partial charge in [0.05, 0.1) is 25.8 Å². The van der Waals surface area contributed by atoms with Crippen LogP contribution < -0.4 is 9.47 Å². The molecule has 2 aromatic carbocycles. The second-order valence-corrected chi connectivity index (χ2v) is 6.83. The maximum absolute atomic E-state index is 14.0. The second kappa shape index (κ2) is 7.95. The van der Waals surface area contributed by atoms with Crippen LogP contribution in [0.25, 0.3) is 11.3 Å². The molecule has 1 saturated heterocycles. The molecule has 1 amide bonds. The average molecular weight is 396 g/mol. The molecule has 3 aromatic rings. The summed E-state index contributed by atoms with van der Waals surface area (Å²) in [5, 5.41) is 3.89. The van der Waals surface area contributed by atoms with Crippen LogP contribution >= 0.6 is 0 Å². The van der Waals surface area contributed by atoms with E-state index in [1.165, 1.54) is 12.1 Å². The van der Waals surface area contributed by atoms with Crippen molar-refractivity contribution in [2.45, 2.75) is 18.9 Å². The molecule has 29 heavy (non-hydrogen) atoms. The van der Waals surface area contributed by atoms with Gasteiger partial charge in [-0.2, -0.15) is 0 Å². The van der Waals surface area contributed by atoms with Crippen LogP contribution in [0.1, 0.15) is 34.9 Å². The highest BCUT2D eigenvalue weighted by atomic mass is 19.1. The van der Waals surface area contributed by atoms with Crippen LogP contribution in [-0.2, 0) is 0 Å². The quantitative estimate of drug-likeness (QED) is 0.636. The molecule has 0 bridgehead atoms. The lowest BCUT2D eigenvalue weighted by molar-refractivity contribution is 0.0725. The summed E-state index contributed by atoms with van der Waals surface area (Å²) in [4.78, 5) is 14.9. The minimum absolute atomic E-state index is 0.101. The Hall–Kier alpha value is -3.35. The topological polar surface area (TPSA) is 64.8 Å². The zero-order chi connectivity index (χ0) is 20.4. The first-order valence-corrected chi connectivity index (χ1v) is 9.37. The smallest absolute Gasteiger partial charge is 0.276 e. The Morgan fingerprint density at radius 1 is 1.14 bits per heavy atom. The van der Waals surface area contributed by atoms with Crippen LogP contribution in [0.4, 0.5) is 4.39 Å². The third-order valence-corrected chi connectivity index (χ3v) is 5.17. The van der Waals surface area contributed by atoms with Gasteiger partial charge in [-0.1, -0.05) is 23.4 Å². The maximum atomic E-state index is 14.0. The fourth-order valence-electron chi connectivity index (χ4n) is 3.73. The van der Waals surface area contributed by atoms with Crippen molar-refractivity contribution in [3.05, 3.63) is 65.6 Å². The summed E-state index contributed by atoms with van der Waals surface area (Å²) in [6, 6.07) is 13.3. The van der Waals surface area contributed by atoms with Crippen molar-refractivity contribution in [1.82, 2.24) is 10.1 Å². The molecule has 1 aromatic heterocycles. The minimum Gasteiger partial charge on any atom is -0.493 e. The van der Waals surface area contributed by atoms with Crippen LogP contribution in [0.3, 0.4) is 0 Å². The molecule has 0 aliphatic carbocycles. The molecule has 0 unspecified atom stereocenters. The number of aromatic nitrogens is 1. The van der Waals surface area contributed by atoms with Crippen molar-refractivity contribution in [2.75, 3.05) is 20.8 Å². The van der Waals surface area contributed by atoms with E-state index in [1.54, 1.807) is 37.3 Å². The number of nitrogens with zero attached hydrogens (tertiary/aromatic N) is 2. The summed E-state index contributed by atoms with van der Waals surface area (Å²) in [6.07, 6.45) is 1.71. The zero-order valence-corrected chi connectivity index (χ0v) is 16.2. The molecule has 4 rings (SSSR count). The first-order valence-electron chi connectivity index (χ1n) is 9.37. The highest BCUT2D eigenvalue weighted by molar-refractivity contribution is 5.93. The normalized spacial score (nSPS) is 16.1. The van der Waals surface area contributed by atoms with E-state index < -0.39 is 5.82 Å². The number of amides is 1. The SMILES string of the molecule is COc1ccc([C@H]2CCCN2C(=O)c2cc(-c3ccccc3F)on2)cc1OC. The summed E-state index contributed by atoms with van der Waals surface area (Å²) in [7, 11) is 3.17. The van der Waals surface area contributed by atoms with Gasteiger partial charge < -0.3 is 18.9 Å². The number of benzene rings is 2. The van der Waals surface area contributed by atoms with Crippen LogP contribution in [0, 0.1) is 5.82 Å². The van der Waals surface area contributed by atoms with Crippen molar-refractivity contribution in [2.24, 2.45) is 0 Å². The number of carbonyl (C=O) groups is 1. The van der Waals surface area contributed by atoms with Gasteiger partial charge in [0.15, 0.2) is 23.0 Å². The lowest BCUT2D eigenvalue weighted by atomic mass is 10.0. The van der Waals surface area contributed by atoms with Gasteiger partial charge in [-0.05, 0) is 42.7 Å². The van der Waals surface area contributed by atoms with Gasteiger partial charge in [-0.15, -0.1) is 0 Å². The lowest BCUT2D eigenvalue weighted by Crippen LogP contribution is -2.30. The second-order valence-electron chi connectivity index (χ2n) is 6.83. The van der Waals surface area contributed by atoms with E-state index in [4.69, 9.17) is 14.0 Å². The van der Waals surface area contributed by atoms with Crippen LogP contribution in [0.5, 0.6) is 11.5 Å². The number of rotatable bonds is 5. The fraction of sp³-hybridized carbons (Fsp3) is 0.273. The van der Waals surface area contributed by atoms with E-state index in [9.17, 15) is 9.18 Å². The number of carbonyl (C=O) groups excluding carboxylic acids is 1. The average Bonchev–Trinajstić information content (AvgIpc) is 3.43. The molecular weight excluding hydrogens is 375 g/mol. The van der Waals surface area contributed by atoms with Crippen LogP contribution in [0.15, 0.2) is 53.1 Å². The third-order valence-electron chi connectivity index (χ3n) is 5.17. The molecule has 6 nitrogen and oxygen atoms in total. The Kier molecular flexibility index (Phi) is 5.20. The first kappa shape index (κ1) is 19.0. The molecular formula is C22H21FN2O4. The van der Waals surface area contributed by atoms with E-state index in [0.29, 0.717) is 18.0 Å². The summed E-state index contributed by atoms with van der Waals surface area (Å²) in [6.45, 7) is 0.611. The van der Waals surface area contributed by atoms with E-state index >= 15 is 0 Å². The highest BCUT2D eigenvalue weighted by Crippen LogP contribution is 2.37. The fourth-order valence-corrected chi connectivity index (χ4v) is 3.73. The summed E-state index contributed by atoms with van der Waals surface area (Å²) in [5.74, 6) is 0.819. The lowest BCUT2D eigenvalue weighted by Gasteiger charge is -2.24. The molecule has 150 valence electrons. The molecule has 1 atom stereocenters. The zero-order valence-electron chi connectivity index (χ0n) is 16.2. The van der Waals surface area contributed by atoms with Gasteiger partial charge in [0.25, 0.3) is 5.91 Å². The van der Waals surface area contributed by atoms with E-state index in [2.05, 4.69) is 5.16 Å². The predicted molar refractivity (Wildman–Crippen MR) is 104 cm³/mol. The first-order chi connectivity index (χ1) is 14.1. The van der Waals surface area contributed by atoms with E-state index in [1.807, 2.05) is 18.2 Å². The van der Waals surface area contributed by atoms with Crippen molar-refractivity contribution < 1.29 is 23.2 Å². The van der Waals surface area contributed by atoms with Crippen molar-refractivity contribution in [3.8, 4) is 22.8 Å². The molecule has 0 radical (unpaired) electrons. The van der Waals surface area contributed by atoms with Gasteiger partial charge in [-0.25, -0.2) is 4.39 Å². The van der Waals surface area contributed by atoms with Gasteiger partial charge in [0, 0.05) is 12.6 Å².